The van der Waals surface area contributed by atoms with Gasteiger partial charge in [-0.15, -0.1) is 0 Å². The molecular formula is C12H17F6NO2. The lowest BCUT2D eigenvalue weighted by molar-refractivity contribution is -0.375. The molecule has 0 fully saturated rings. The van der Waals surface area contributed by atoms with Crippen LogP contribution < -0.4 is 5.32 Å². The highest BCUT2D eigenvalue weighted by molar-refractivity contribution is 5.34. The van der Waals surface area contributed by atoms with Crippen molar-refractivity contribution in [1.82, 2.24) is 5.32 Å². The summed E-state index contributed by atoms with van der Waals surface area (Å²) in [5.74, 6) is 0. The van der Waals surface area contributed by atoms with Crippen molar-refractivity contribution in [3.8, 4) is 0 Å². The number of hydrogen-bond acceptors (Lipinski definition) is 3. The predicted molar refractivity (Wildman–Crippen MR) is 64.6 cm³/mol. The van der Waals surface area contributed by atoms with E-state index in [1.807, 2.05) is 0 Å². The zero-order valence-electron chi connectivity index (χ0n) is 11.7. The first-order chi connectivity index (χ1) is 9.58. The lowest BCUT2D eigenvalue weighted by Gasteiger charge is -2.37. The maximum absolute atomic E-state index is 13.1. The molecule has 0 aliphatic rings. The summed E-state index contributed by atoms with van der Waals surface area (Å²) in [6, 6.07) is 0. The summed E-state index contributed by atoms with van der Waals surface area (Å²) in [6.07, 6.45) is -8.82. The van der Waals surface area contributed by atoms with Crippen LogP contribution in [-0.2, 0) is 9.47 Å². The predicted octanol–water partition coefficient (Wildman–Crippen LogP) is 3.19. The van der Waals surface area contributed by atoms with Crippen LogP contribution in [0.15, 0.2) is 23.8 Å². The fourth-order valence-corrected chi connectivity index (χ4v) is 1.60. The van der Waals surface area contributed by atoms with Gasteiger partial charge in [0.25, 0.3) is 5.60 Å². The van der Waals surface area contributed by atoms with Gasteiger partial charge in [0.2, 0.25) is 0 Å². The molecule has 0 aliphatic carbocycles. The highest BCUT2D eigenvalue weighted by Gasteiger charge is 2.73. The standard InChI is InChI=1S/C12H17F6NO2/c1-4-9(6-5-7-19-2)10(11(13,14)15,12(16,17)18)21-8-20-3/h4-6,19H,7-8H2,1-3H3. The van der Waals surface area contributed by atoms with Gasteiger partial charge in [0.05, 0.1) is 0 Å². The molecule has 0 radical (unpaired) electrons. The van der Waals surface area contributed by atoms with Crippen LogP contribution in [0.5, 0.6) is 0 Å². The summed E-state index contributed by atoms with van der Waals surface area (Å²) in [6.45, 7) is 0.0189. The van der Waals surface area contributed by atoms with Gasteiger partial charge in [-0.3, -0.25) is 0 Å². The Morgan fingerprint density at radius 2 is 1.62 bits per heavy atom. The van der Waals surface area contributed by atoms with Crippen molar-refractivity contribution in [3.05, 3.63) is 23.8 Å². The van der Waals surface area contributed by atoms with Gasteiger partial charge in [0, 0.05) is 13.7 Å². The number of halogens is 6. The number of ether oxygens (including phenoxy) is 2. The third kappa shape index (κ3) is 4.45. The summed E-state index contributed by atoms with van der Waals surface area (Å²) in [5.41, 5.74) is -5.50. The molecule has 0 saturated heterocycles. The Hall–Kier alpha value is -1.06. The van der Waals surface area contributed by atoms with Crippen molar-refractivity contribution in [2.45, 2.75) is 24.9 Å². The van der Waals surface area contributed by atoms with Crippen molar-refractivity contribution < 1.29 is 35.8 Å². The van der Waals surface area contributed by atoms with Crippen LogP contribution in [0, 0.1) is 0 Å². The number of alkyl halides is 6. The maximum atomic E-state index is 13.1. The first kappa shape index (κ1) is 19.9. The van der Waals surface area contributed by atoms with Gasteiger partial charge in [-0.1, -0.05) is 18.2 Å². The molecule has 0 unspecified atom stereocenters. The Labute approximate surface area is 118 Å². The number of nitrogens with one attached hydrogen (secondary N) is 1. The van der Waals surface area contributed by atoms with Crippen LogP contribution in [-0.4, -0.2) is 45.4 Å². The van der Waals surface area contributed by atoms with Crippen molar-refractivity contribution in [2.75, 3.05) is 27.5 Å². The minimum atomic E-state index is -5.70. The molecule has 0 amide bonds. The molecule has 9 heteroatoms. The number of allylic oxidation sites excluding steroid dienone is 1. The normalized spacial score (nSPS) is 15.0. The SMILES string of the molecule is CC=C(C=CCNC)C(OCOC)(C(F)(F)F)C(F)(F)F. The molecule has 124 valence electrons. The Morgan fingerprint density at radius 1 is 1.10 bits per heavy atom. The van der Waals surface area contributed by atoms with E-state index < -0.39 is 30.3 Å². The van der Waals surface area contributed by atoms with E-state index in [9.17, 15) is 26.3 Å². The Bertz CT molecular complexity index is 359. The molecule has 0 rings (SSSR count). The third-order valence-electron chi connectivity index (χ3n) is 2.53. The van der Waals surface area contributed by atoms with Gasteiger partial charge in [0.1, 0.15) is 6.79 Å². The second kappa shape index (κ2) is 7.81. The number of rotatable bonds is 7. The van der Waals surface area contributed by atoms with Gasteiger partial charge < -0.3 is 14.8 Å². The van der Waals surface area contributed by atoms with Crippen LogP contribution in [0.3, 0.4) is 0 Å². The second-order valence-electron chi connectivity index (χ2n) is 3.93. The van der Waals surface area contributed by atoms with Crippen LogP contribution in [0.4, 0.5) is 26.3 Å². The molecule has 0 spiro atoms. The first-order valence-corrected chi connectivity index (χ1v) is 5.82. The van der Waals surface area contributed by atoms with E-state index >= 15 is 0 Å². The molecular weight excluding hydrogens is 304 g/mol. The van der Waals surface area contributed by atoms with Gasteiger partial charge in [-0.2, -0.15) is 26.3 Å². The zero-order valence-corrected chi connectivity index (χ0v) is 11.7. The highest BCUT2D eigenvalue weighted by Crippen LogP contribution is 2.50. The monoisotopic (exact) mass is 321 g/mol. The summed E-state index contributed by atoms with van der Waals surface area (Å²) in [4.78, 5) is 0. The van der Waals surface area contributed by atoms with Crippen molar-refractivity contribution in [3.63, 3.8) is 0 Å². The highest BCUT2D eigenvalue weighted by atomic mass is 19.4. The van der Waals surface area contributed by atoms with Crippen LogP contribution in [0.2, 0.25) is 0 Å². The first-order valence-electron chi connectivity index (χ1n) is 5.82. The maximum Gasteiger partial charge on any atom is 0.430 e. The molecule has 0 aliphatic heterocycles. The molecule has 0 bridgehead atoms. The average Bonchev–Trinajstić information content (AvgIpc) is 2.34. The zero-order chi connectivity index (χ0) is 16.7. The molecule has 0 heterocycles. The summed E-state index contributed by atoms with van der Waals surface area (Å²) >= 11 is 0. The van der Waals surface area contributed by atoms with Crippen molar-refractivity contribution in [1.29, 1.82) is 0 Å². The smallest absolute Gasteiger partial charge is 0.359 e. The molecule has 3 nitrogen and oxygen atoms in total. The van der Waals surface area contributed by atoms with E-state index in [1.54, 1.807) is 0 Å². The molecule has 0 aromatic heterocycles. The summed E-state index contributed by atoms with van der Waals surface area (Å²) < 4.78 is 87.2. The topological polar surface area (TPSA) is 30.5 Å². The fourth-order valence-electron chi connectivity index (χ4n) is 1.60. The van der Waals surface area contributed by atoms with E-state index in [1.165, 1.54) is 7.05 Å². The second-order valence-corrected chi connectivity index (χ2v) is 3.93. The van der Waals surface area contributed by atoms with Crippen LogP contribution in [0.25, 0.3) is 0 Å². The number of hydrogen-bond donors (Lipinski definition) is 1. The van der Waals surface area contributed by atoms with Gasteiger partial charge >= 0.3 is 12.4 Å². The van der Waals surface area contributed by atoms with E-state index in [0.29, 0.717) is 6.08 Å². The lowest BCUT2D eigenvalue weighted by Crippen LogP contribution is -2.60. The Balaban J connectivity index is 5.97. The van der Waals surface area contributed by atoms with Crippen molar-refractivity contribution in [2.24, 2.45) is 0 Å². The lowest BCUT2D eigenvalue weighted by atomic mass is 9.90. The quantitative estimate of drug-likeness (QED) is 0.444. The van der Waals surface area contributed by atoms with E-state index in [4.69, 9.17) is 0 Å². The average molecular weight is 321 g/mol. The minimum absolute atomic E-state index is 0.105. The van der Waals surface area contributed by atoms with Crippen molar-refractivity contribution >= 4 is 0 Å². The Morgan fingerprint density at radius 3 is 1.95 bits per heavy atom. The Kier molecular flexibility index (Phi) is 7.41. The van der Waals surface area contributed by atoms with Gasteiger partial charge in [0.15, 0.2) is 0 Å². The molecule has 0 aromatic rings. The van der Waals surface area contributed by atoms with E-state index in [2.05, 4.69) is 14.8 Å². The molecule has 0 saturated carbocycles. The van der Waals surface area contributed by atoms with Gasteiger partial charge in [-0.05, 0) is 19.5 Å². The number of likely N-dealkylation sites (N-methyl/N-ethyl adjacent to an activating group) is 1. The molecule has 21 heavy (non-hydrogen) atoms. The largest absolute Gasteiger partial charge is 0.430 e. The third-order valence-corrected chi connectivity index (χ3v) is 2.53. The fraction of sp³-hybridized carbons (Fsp3) is 0.667. The van der Waals surface area contributed by atoms with Crippen LogP contribution in [0.1, 0.15) is 6.92 Å². The minimum Gasteiger partial charge on any atom is -0.359 e. The molecule has 0 aromatic carbocycles. The molecule has 0 atom stereocenters. The van der Waals surface area contributed by atoms with E-state index in [0.717, 1.165) is 26.2 Å². The van der Waals surface area contributed by atoms with Crippen LogP contribution >= 0.6 is 0 Å². The van der Waals surface area contributed by atoms with E-state index in [-0.39, 0.29) is 6.54 Å². The molecule has 1 N–H and O–H groups in total. The number of methoxy groups -OCH3 is 1. The van der Waals surface area contributed by atoms with Gasteiger partial charge in [-0.25, -0.2) is 0 Å². The summed E-state index contributed by atoms with van der Waals surface area (Å²) in [7, 11) is 2.44. The summed E-state index contributed by atoms with van der Waals surface area (Å²) in [5, 5.41) is 2.58.